The SMILES string of the molecule is CC(C)N(C(C)C)P(OCCC#N)O[C@H]1C[C@H](n2cnc3c(NC(=O)c4ccccc4)ncnc32)O[C@@H]1COC(=O)OC1CC1. The van der Waals surface area contributed by atoms with Gasteiger partial charge < -0.3 is 28.6 Å². The minimum atomic E-state index is -1.60. The largest absolute Gasteiger partial charge is 0.508 e. The molecular formula is C30H38N7O7P. The molecule has 1 saturated carbocycles. The number of imidazole rings is 1. The molecule has 240 valence electrons. The van der Waals surface area contributed by atoms with Crippen LogP contribution in [0.3, 0.4) is 0 Å². The van der Waals surface area contributed by atoms with Crippen molar-refractivity contribution < 1.29 is 32.8 Å². The number of carbonyl (C=O) groups is 2. The Morgan fingerprint density at radius 2 is 1.91 bits per heavy atom. The number of hydrogen-bond donors (Lipinski definition) is 1. The zero-order valence-electron chi connectivity index (χ0n) is 25.7. The van der Waals surface area contributed by atoms with Crippen LogP contribution >= 0.6 is 8.53 Å². The van der Waals surface area contributed by atoms with Crippen LogP contribution in [0.25, 0.3) is 11.2 Å². The zero-order chi connectivity index (χ0) is 31.9. The minimum Gasteiger partial charge on any atom is -0.431 e. The molecule has 3 heterocycles. The molecule has 1 aliphatic carbocycles. The lowest BCUT2D eigenvalue weighted by molar-refractivity contribution is -0.0555. The Hall–Kier alpha value is -3.73. The molecule has 14 nitrogen and oxygen atoms in total. The molecule has 1 amide bonds. The Kier molecular flexibility index (Phi) is 10.9. The molecule has 1 unspecified atom stereocenters. The van der Waals surface area contributed by atoms with Crippen molar-refractivity contribution in [2.75, 3.05) is 18.5 Å². The summed E-state index contributed by atoms with van der Waals surface area (Å²) >= 11 is 0. The van der Waals surface area contributed by atoms with Crippen molar-refractivity contribution in [3.8, 4) is 6.07 Å². The van der Waals surface area contributed by atoms with Crippen LogP contribution in [0.2, 0.25) is 0 Å². The summed E-state index contributed by atoms with van der Waals surface area (Å²) in [6.07, 6.45) is 2.52. The first-order valence-corrected chi connectivity index (χ1v) is 16.2. The Morgan fingerprint density at radius 1 is 1.16 bits per heavy atom. The van der Waals surface area contributed by atoms with E-state index >= 15 is 0 Å². The van der Waals surface area contributed by atoms with E-state index in [4.69, 9.17) is 28.5 Å². The Bertz CT molecular complexity index is 1490. The second-order valence-electron chi connectivity index (χ2n) is 11.3. The smallest absolute Gasteiger partial charge is 0.431 e. The van der Waals surface area contributed by atoms with E-state index in [1.54, 1.807) is 35.2 Å². The summed E-state index contributed by atoms with van der Waals surface area (Å²) in [4.78, 5) is 38.3. The number of hydrogen-bond acceptors (Lipinski definition) is 12. The maximum atomic E-state index is 12.8. The van der Waals surface area contributed by atoms with Crippen molar-refractivity contribution in [3.63, 3.8) is 0 Å². The first-order valence-electron chi connectivity index (χ1n) is 15.0. The van der Waals surface area contributed by atoms with Crippen LogP contribution in [0.15, 0.2) is 43.0 Å². The maximum Gasteiger partial charge on any atom is 0.508 e. The lowest BCUT2D eigenvalue weighted by Gasteiger charge is -2.37. The standard InChI is InChI=1S/C30H38N7O7P/c1-19(2)37(20(3)4)45(41-14-8-13-31)44-23-15-25(43-24(23)16-40-30(39)42-22-11-12-22)36-18-34-26-27(32-17-33-28(26)36)35-29(38)21-9-6-5-7-10-21/h5-7,9-10,17-20,22-25H,8,11-12,14-16H2,1-4H3,(H,32,33,35,38)/t23-,24+,25+,45?/m0/s1. The molecule has 1 saturated heterocycles. The fraction of sp³-hybridized carbons (Fsp3) is 0.533. The first kappa shape index (κ1) is 32.7. The second-order valence-corrected chi connectivity index (χ2v) is 12.7. The highest BCUT2D eigenvalue weighted by Crippen LogP contribution is 2.50. The molecule has 0 bridgehead atoms. The van der Waals surface area contributed by atoms with Gasteiger partial charge in [0.15, 0.2) is 17.0 Å². The van der Waals surface area contributed by atoms with E-state index in [9.17, 15) is 9.59 Å². The molecular weight excluding hydrogens is 601 g/mol. The Balaban J connectivity index is 1.37. The maximum absolute atomic E-state index is 12.8. The number of aromatic nitrogens is 4. The number of nitrogens with one attached hydrogen (secondary N) is 1. The van der Waals surface area contributed by atoms with Crippen LogP contribution in [-0.4, -0.2) is 79.9 Å². The second kappa shape index (κ2) is 15.0. The Morgan fingerprint density at radius 3 is 2.60 bits per heavy atom. The van der Waals surface area contributed by atoms with Crippen LogP contribution in [0, 0.1) is 11.3 Å². The summed E-state index contributed by atoms with van der Waals surface area (Å²) in [5, 5.41) is 11.9. The molecule has 45 heavy (non-hydrogen) atoms. The van der Waals surface area contributed by atoms with Crippen LogP contribution in [0.4, 0.5) is 10.6 Å². The number of rotatable bonds is 14. The fourth-order valence-corrected chi connectivity index (χ4v) is 6.73. The van der Waals surface area contributed by atoms with Crippen molar-refractivity contribution >= 4 is 37.6 Å². The summed E-state index contributed by atoms with van der Waals surface area (Å²) in [7, 11) is -1.60. The third-order valence-electron chi connectivity index (χ3n) is 7.16. The zero-order valence-corrected chi connectivity index (χ0v) is 26.6. The van der Waals surface area contributed by atoms with Gasteiger partial charge in [0.2, 0.25) is 0 Å². The fourth-order valence-electron chi connectivity index (χ4n) is 4.97. The molecule has 2 aromatic heterocycles. The predicted octanol–water partition coefficient (Wildman–Crippen LogP) is 5.34. The third kappa shape index (κ3) is 8.31. The van der Waals surface area contributed by atoms with Crippen molar-refractivity contribution in [3.05, 3.63) is 48.5 Å². The van der Waals surface area contributed by atoms with Gasteiger partial charge in [-0.25, -0.2) is 24.4 Å². The molecule has 5 rings (SSSR count). The molecule has 2 aliphatic rings. The number of benzene rings is 1. The first-order chi connectivity index (χ1) is 21.7. The van der Waals surface area contributed by atoms with E-state index < -0.39 is 33.1 Å². The van der Waals surface area contributed by atoms with Crippen LogP contribution in [0.1, 0.15) is 70.0 Å². The van der Waals surface area contributed by atoms with Gasteiger partial charge in [0.25, 0.3) is 14.4 Å². The van der Waals surface area contributed by atoms with Gasteiger partial charge >= 0.3 is 6.16 Å². The van der Waals surface area contributed by atoms with Gasteiger partial charge in [-0.3, -0.25) is 9.36 Å². The van der Waals surface area contributed by atoms with Gasteiger partial charge in [0, 0.05) is 24.1 Å². The monoisotopic (exact) mass is 639 g/mol. The van der Waals surface area contributed by atoms with Gasteiger partial charge in [0.05, 0.1) is 31.5 Å². The molecule has 0 radical (unpaired) electrons. The average molecular weight is 640 g/mol. The quantitative estimate of drug-likeness (QED) is 0.137. The molecule has 1 aliphatic heterocycles. The van der Waals surface area contributed by atoms with Crippen LogP contribution < -0.4 is 5.32 Å². The lowest BCUT2D eigenvalue weighted by Crippen LogP contribution is -2.37. The summed E-state index contributed by atoms with van der Waals surface area (Å²) in [5.41, 5.74) is 1.32. The highest BCUT2D eigenvalue weighted by Gasteiger charge is 2.42. The topological polar surface area (TPSA) is 163 Å². The summed E-state index contributed by atoms with van der Waals surface area (Å²) in [5.74, 6) is -0.0596. The van der Waals surface area contributed by atoms with Crippen molar-refractivity contribution in [1.82, 2.24) is 24.2 Å². The van der Waals surface area contributed by atoms with Gasteiger partial charge in [-0.15, -0.1) is 0 Å². The van der Waals surface area contributed by atoms with Gasteiger partial charge in [-0.1, -0.05) is 18.2 Å². The minimum absolute atomic E-state index is 0.0950. The Labute approximate surface area is 262 Å². The molecule has 0 spiro atoms. The summed E-state index contributed by atoms with van der Waals surface area (Å²) in [6.45, 7) is 8.34. The number of ether oxygens (including phenoxy) is 3. The van der Waals surface area contributed by atoms with Gasteiger partial charge in [0.1, 0.15) is 31.4 Å². The van der Waals surface area contributed by atoms with Crippen molar-refractivity contribution in [1.29, 1.82) is 5.26 Å². The lowest BCUT2D eigenvalue weighted by atomic mass is 10.2. The normalized spacial score (nSPS) is 20.4. The molecule has 4 atom stereocenters. The van der Waals surface area contributed by atoms with Crippen LogP contribution in [0.5, 0.6) is 0 Å². The number of amides is 1. The van der Waals surface area contributed by atoms with Crippen molar-refractivity contribution in [2.24, 2.45) is 0 Å². The van der Waals surface area contributed by atoms with E-state index in [2.05, 4.69) is 58.7 Å². The number of fused-ring (bicyclic) bond motifs is 1. The van der Waals surface area contributed by atoms with E-state index in [0.717, 1.165) is 12.8 Å². The van der Waals surface area contributed by atoms with Crippen molar-refractivity contribution in [2.45, 2.75) is 90.0 Å². The van der Waals surface area contributed by atoms with E-state index in [0.29, 0.717) is 23.1 Å². The number of nitriles is 1. The van der Waals surface area contributed by atoms with E-state index in [1.165, 1.54) is 6.33 Å². The predicted molar refractivity (Wildman–Crippen MR) is 164 cm³/mol. The number of anilines is 1. The third-order valence-corrected chi connectivity index (χ3v) is 9.31. The van der Waals surface area contributed by atoms with Crippen LogP contribution in [-0.2, 0) is 23.3 Å². The molecule has 1 N–H and O–H groups in total. The molecule has 1 aromatic carbocycles. The summed E-state index contributed by atoms with van der Waals surface area (Å²) in [6, 6.07) is 11.1. The van der Waals surface area contributed by atoms with Gasteiger partial charge in [-0.05, 0) is 52.7 Å². The number of nitrogens with zero attached hydrogens (tertiary/aromatic N) is 6. The molecule has 3 aromatic rings. The highest BCUT2D eigenvalue weighted by molar-refractivity contribution is 7.44. The average Bonchev–Trinajstić information content (AvgIpc) is 3.57. The summed E-state index contributed by atoms with van der Waals surface area (Å²) < 4.78 is 33.7. The van der Waals surface area contributed by atoms with Gasteiger partial charge in [-0.2, -0.15) is 5.26 Å². The van der Waals surface area contributed by atoms with E-state index in [-0.39, 0.29) is 49.5 Å². The van der Waals surface area contributed by atoms with E-state index in [1.807, 2.05) is 6.07 Å². The highest BCUT2D eigenvalue weighted by atomic mass is 31.2. The number of carbonyl (C=O) groups excluding carboxylic acids is 2. The molecule has 2 fully saturated rings. The molecule has 15 heteroatoms.